The second kappa shape index (κ2) is 9.08. The van der Waals surface area contributed by atoms with Gasteiger partial charge in [-0.25, -0.2) is 18.4 Å². The fraction of sp³-hybridized carbons (Fsp3) is 0.421. The summed E-state index contributed by atoms with van der Waals surface area (Å²) in [5, 5.41) is 6.11. The molecule has 3 rings (SSSR count). The molecule has 0 atom stereocenters. The fourth-order valence-corrected chi connectivity index (χ4v) is 3.83. The zero-order valence-corrected chi connectivity index (χ0v) is 17.3. The number of hydrogen-bond acceptors (Lipinski definition) is 7. The minimum Gasteiger partial charge on any atom is -0.494 e. The molecule has 1 heterocycles. The first kappa shape index (κ1) is 20.8. The Labute approximate surface area is 170 Å². The highest BCUT2D eigenvalue weighted by atomic mass is 32.2. The van der Waals surface area contributed by atoms with E-state index in [0.717, 1.165) is 19.1 Å². The van der Waals surface area contributed by atoms with Crippen LogP contribution in [0, 0.1) is 0 Å². The minimum atomic E-state index is -3.42. The van der Waals surface area contributed by atoms with Gasteiger partial charge in [0.25, 0.3) is 5.91 Å². The van der Waals surface area contributed by atoms with Crippen LogP contribution in [0.5, 0.6) is 5.75 Å². The van der Waals surface area contributed by atoms with Crippen LogP contribution in [-0.4, -0.2) is 43.7 Å². The van der Waals surface area contributed by atoms with Gasteiger partial charge in [-0.1, -0.05) is 19.3 Å². The molecule has 0 unspecified atom stereocenters. The molecule has 1 saturated carbocycles. The summed E-state index contributed by atoms with van der Waals surface area (Å²) in [6.07, 6.45) is 8.25. The lowest BCUT2D eigenvalue weighted by Crippen LogP contribution is -2.23. The van der Waals surface area contributed by atoms with Crippen molar-refractivity contribution in [3.8, 4) is 5.75 Å². The number of carbonyl (C=O) groups excluding carboxylic acids is 1. The molecule has 10 heteroatoms. The van der Waals surface area contributed by atoms with Crippen LogP contribution in [0.15, 0.2) is 30.6 Å². The average molecular weight is 420 g/mol. The van der Waals surface area contributed by atoms with Crippen LogP contribution in [-0.2, 0) is 10.0 Å². The lowest BCUT2D eigenvalue weighted by molar-refractivity contribution is 0.102. The summed E-state index contributed by atoms with van der Waals surface area (Å²) >= 11 is 0. The molecular formula is C19H25N5O4S. The molecule has 1 aromatic carbocycles. The number of methoxy groups -OCH3 is 1. The van der Waals surface area contributed by atoms with Crippen molar-refractivity contribution in [2.45, 2.75) is 38.1 Å². The zero-order chi connectivity index (χ0) is 20.9. The summed E-state index contributed by atoms with van der Waals surface area (Å²) in [7, 11) is -1.98. The van der Waals surface area contributed by atoms with Crippen molar-refractivity contribution < 1.29 is 17.9 Å². The number of aromatic nitrogens is 2. The maximum atomic E-state index is 12.6. The smallest absolute Gasteiger partial charge is 0.274 e. The molecule has 9 nitrogen and oxygen atoms in total. The van der Waals surface area contributed by atoms with Crippen LogP contribution in [0.1, 0.15) is 42.6 Å². The number of anilines is 3. The normalized spacial score (nSPS) is 14.8. The quantitative estimate of drug-likeness (QED) is 0.631. The van der Waals surface area contributed by atoms with E-state index < -0.39 is 15.9 Å². The Balaban J connectivity index is 1.71. The first-order valence-electron chi connectivity index (χ1n) is 9.40. The Hall–Kier alpha value is -2.88. The van der Waals surface area contributed by atoms with Crippen molar-refractivity contribution in [3.63, 3.8) is 0 Å². The minimum absolute atomic E-state index is 0.221. The van der Waals surface area contributed by atoms with E-state index in [4.69, 9.17) is 4.74 Å². The van der Waals surface area contributed by atoms with Crippen molar-refractivity contribution in [1.29, 1.82) is 0 Å². The third-order valence-electron chi connectivity index (χ3n) is 4.61. The number of nitrogens with zero attached hydrogens (tertiary/aromatic N) is 2. The molecule has 0 aliphatic heterocycles. The van der Waals surface area contributed by atoms with E-state index >= 15 is 0 Å². The summed E-state index contributed by atoms with van der Waals surface area (Å²) < 4.78 is 30.4. The number of nitrogens with one attached hydrogen (secondary N) is 3. The third kappa shape index (κ3) is 6.05. The Morgan fingerprint density at radius 2 is 1.90 bits per heavy atom. The molecule has 1 aliphatic rings. The van der Waals surface area contributed by atoms with Crippen molar-refractivity contribution in [2.75, 3.05) is 28.7 Å². The Bertz CT molecular complexity index is 974. The van der Waals surface area contributed by atoms with Crippen LogP contribution < -0.4 is 20.1 Å². The van der Waals surface area contributed by atoms with Crippen LogP contribution in [0.25, 0.3) is 0 Å². The molecule has 2 aromatic rings. The molecule has 1 aromatic heterocycles. The highest BCUT2D eigenvalue weighted by Gasteiger charge is 2.16. The molecular weight excluding hydrogens is 394 g/mol. The molecule has 0 radical (unpaired) electrons. The topological polar surface area (TPSA) is 122 Å². The number of carbonyl (C=O) groups is 1. The molecule has 0 bridgehead atoms. The van der Waals surface area contributed by atoms with E-state index in [1.807, 2.05) is 0 Å². The summed E-state index contributed by atoms with van der Waals surface area (Å²) in [6.45, 7) is 0. The Morgan fingerprint density at radius 3 is 2.59 bits per heavy atom. The van der Waals surface area contributed by atoms with E-state index in [1.54, 1.807) is 12.1 Å². The first-order valence-corrected chi connectivity index (χ1v) is 11.3. The van der Waals surface area contributed by atoms with Gasteiger partial charge in [0.05, 0.1) is 24.7 Å². The van der Waals surface area contributed by atoms with Crippen molar-refractivity contribution >= 4 is 33.1 Å². The van der Waals surface area contributed by atoms with E-state index in [2.05, 4.69) is 25.3 Å². The van der Waals surface area contributed by atoms with Crippen molar-refractivity contribution in [3.05, 3.63) is 36.3 Å². The summed E-state index contributed by atoms with van der Waals surface area (Å²) in [5.41, 5.74) is 0.957. The lowest BCUT2D eigenvalue weighted by atomic mass is 9.95. The summed E-state index contributed by atoms with van der Waals surface area (Å²) in [5.74, 6) is 0.527. The zero-order valence-electron chi connectivity index (χ0n) is 16.4. The van der Waals surface area contributed by atoms with Gasteiger partial charge in [-0.15, -0.1) is 0 Å². The molecule has 0 spiro atoms. The fourth-order valence-electron chi connectivity index (χ4n) is 3.27. The molecule has 156 valence electrons. The van der Waals surface area contributed by atoms with Crippen molar-refractivity contribution in [1.82, 2.24) is 9.97 Å². The van der Waals surface area contributed by atoms with Gasteiger partial charge in [0, 0.05) is 18.2 Å². The standard InChI is InChI=1S/C19H25N5O4S/c1-28-17-10-14(24-29(2,26)27)8-9-15(17)23-19(25)16-11-18(21-12-20-16)22-13-6-4-3-5-7-13/h8-13,24H,3-7H2,1-2H3,(H,23,25)(H,20,21,22). The first-order chi connectivity index (χ1) is 13.8. The Morgan fingerprint density at radius 1 is 1.14 bits per heavy atom. The van der Waals surface area contributed by atoms with Gasteiger partial charge in [-0.2, -0.15) is 0 Å². The SMILES string of the molecule is COc1cc(NS(C)(=O)=O)ccc1NC(=O)c1cc(NC2CCCCC2)ncn1. The van der Waals surface area contributed by atoms with Crippen LogP contribution in [0.3, 0.4) is 0 Å². The lowest BCUT2D eigenvalue weighted by Gasteiger charge is -2.23. The number of ether oxygens (including phenoxy) is 1. The monoisotopic (exact) mass is 419 g/mol. The molecule has 29 heavy (non-hydrogen) atoms. The number of sulfonamides is 1. The van der Waals surface area contributed by atoms with E-state index in [1.165, 1.54) is 44.8 Å². The van der Waals surface area contributed by atoms with Crippen LogP contribution in [0.4, 0.5) is 17.2 Å². The predicted octanol–water partition coefficient (Wildman–Crippen LogP) is 2.85. The summed E-state index contributed by atoms with van der Waals surface area (Å²) in [6, 6.07) is 6.58. The second-order valence-electron chi connectivity index (χ2n) is 7.01. The van der Waals surface area contributed by atoms with Gasteiger partial charge in [0.1, 0.15) is 23.6 Å². The maximum Gasteiger partial charge on any atom is 0.274 e. The number of amides is 1. The van der Waals surface area contributed by atoms with Gasteiger partial charge in [0.2, 0.25) is 10.0 Å². The third-order valence-corrected chi connectivity index (χ3v) is 5.22. The molecule has 1 aliphatic carbocycles. The number of benzene rings is 1. The van der Waals surface area contributed by atoms with Crippen LogP contribution >= 0.6 is 0 Å². The van der Waals surface area contributed by atoms with Crippen molar-refractivity contribution in [2.24, 2.45) is 0 Å². The number of rotatable bonds is 7. The molecule has 3 N–H and O–H groups in total. The van der Waals surface area contributed by atoms with E-state index in [9.17, 15) is 13.2 Å². The highest BCUT2D eigenvalue weighted by molar-refractivity contribution is 7.92. The molecule has 1 fully saturated rings. The van der Waals surface area contributed by atoms with E-state index in [-0.39, 0.29) is 5.69 Å². The van der Waals surface area contributed by atoms with Gasteiger partial charge < -0.3 is 15.4 Å². The van der Waals surface area contributed by atoms with Gasteiger partial charge in [-0.3, -0.25) is 9.52 Å². The van der Waals surface area contributed by atoms with Gasteiger partial charge >= 0.3 is 0 Å². The van der Waals surface area contributed by atoms with E-state index in [0.29, 0.717) is 29.0 Å². The second-order valence-corrected chi connectivity index (χ2v) is 8.76. The predicted molar refractivity (Wildman–Crippen MR) is 112 cm³/mol. The maximum absolute atomic E-state index is 12.6. The van der Waals surface area contributed by atoms with Crippen LogP contribution in [0.2, 0.25) is 0 Å². The molecule has 1 amide bonds. The number of hydrogen-bond donors (Lipinski definition) is 3. The largest absolute Gasteiger partial charge is 0.494 e. The van der Waals surface area contributed by atoms with Gasteiger partial charge in [0.15, 0.2) is 0 Å². The van der Waals surface area contributed by atoms with Gasteiger partial charge in [-0.05, 0) is 25.0 Å². The summed E-state index contributed by atoms with van der Waals surface area (Å²) in [4.78, 5) is 20.9. The highest BCUT2D eigenvalue weighted by Crippen LogP contribution is 2.29. The molecule has 0 saturated heterocycles. The Kier molecular flexibility index (Phi) is 6.53. The average Bonchev–Trinajstić information content (AvgIpc) is 2.69.